The molecular formula is CH5N11O2. The summed E-state index contributed by atoms with van der Waals surface area (Å²) < 4.78 is 0. The van der Waals surface area contributed by atoms with Gasteiger partial charge in [-0.05, 0) is 4.94 Å². The molecule has 0 spiro atoms. The van der Waals surface area contributed by atoms with Crippen molar-refractivity contribution in [3.8, 4) is 0 Å². The number of hydrazine groups is 1. The topological polar surface area (TPSA) is 198 Å². The number of hydrogen-bond donors (Lipinski definition) is 3. The standard InChI is InChI=1S/CH5N11O2/c2-1(3)13-11(6)14-12(9-7-4)10-8-5/h6H2,(H3,2,3). The maximum atomic E-state index is 7.94. The molecule has 0 bridgehead atoms. The van der Waals surface area contributed by atoms with E-state index in [1.165, 1.54) is 0 Å². The van der Waals surface area contributed by atoms with Gasteiger partial charge in [-0.3, -0.25) is 5.41 Å². The first kappa shape index (κ1) is 11.6. The average Bonchev–Trinajstić information content (AvgIpc) is 2.03. The Balaban J connectivity index is 4.21. The van der Waals surface area contributed by atoms with Crippen LogP contribution in [0.4, 0.5) is 0 Å². The molecule has 0 aromatic carbocycles. The lowest BCUT2D eigenvalue weighted by Crippen LogP contribution is -2.39. The number of azide groups is 1. The second-order valence-corrected chi connectivity index (χ2v) is 1.43. The van der Waals surface area contributed by atoms with E-state index in [0.29, 0.717) is 0 Å². The van der Waals surface area contributed by atoms with Crippen LogP contribution >= 0.6 is 0 Å². The highest BCUT2D eigenvalue weighted by Crippen LogP contribution is 1.96. The third-order valence-corrected chi connectivity index (χ3v) is 0.575. The lowest BCUT2D eigenvalue weighted by Gasteiger charge is -2.13. The van der Waals surface area contributed by atoms with Crippen molar-refractivity contribution in [3.63, 3.8) is 0 Å². The number of nitrogens with zero attached hydrogens (tertiary/aromatic N) is 8. The molecule has 0 aromatic rings. The van der Waals surface area contributed by atoms with Crippen molar-refractivity contribution >= 4 is 6.02 Å². The summed E-state index contributed by atoms with van der Waals surface area (Å²) in [7, 11) is 0. The SMILES string of the molecule is [N-]=[N+]=NN(N=[N+]=[N-])ON(N)OC(=N)N. The quantitative estimate of drug-likeness (QED) is 0.103. The van der Waals surface area contributed by atoms with Crippen LogP contribution in [0.2, 0.25) is 0 Å². The first-order valence-corrected chi connectivity index (χ1v) is 2.75. The van der Waals surface area contributed by atoms with E-state index in [-0.39, 0.29) is 10.6 Å². The molecule has 76 valence electrons. The Hall–Kier alpha value is -2.43. The molecule has 0 aromatic heterocycles. The molecule has 0 radical (unpaired) electrons. The van der Waals surface area contributed by atoms with Gasteiger partial charge in [0.1, 0.15) is 5.34 Å². The van der Waals surface area contributed by atoms with Crippen LogP contribution in [0.15, 0.2) is 10.4 Å². The van der Waals surface area contributed by atoms with Crippen LogP contribution in [0.3, 0.4) is 0 Å². The van der Waals surface area contributed by atoms with Crippen LogP contribution in [0, 0.1) is 5.41 Å². The second kappa shape index (κ2) is 6.13. The monoisotopic (exact) mass is 203 g/mol. The van der Waals surface area contributed by atoms with Gasteiger partial charge in [0.2, 0.25) is 0 Å². The van der Waals surface area contributed by atoms with E-state index in [0.717, 1.165) is 0 Å². The minimum absolute atomic E-state index is 0.0473. The Morgan fingerprint density at radius 3 is 2.21 bits per heavy atom. The van der Waals surface area contributed by atoms with Gasteiger partial charge < -0.3 is 10.6 Å². The van der Waals surface area contributed by atoms with Crippen LogP contribution in [-0.2, 0) is 9.78 Å². The average molecular weight is 203 g/mol. The highest BCUT2D eigenvalue weighted by Gasteiger charge is 2.10. The molecule has 0 fully saturated rings. The van der Waals surface area contributed by atoms with E-state index in [1.807, 2.05) is 0 Å². The highest BCUT2D eigenvalue weighted by molar-refractivity contribution is 5.66. The zero-order valence-corrected chi connectivity index (χ0v) is 6.55. The van der Waals surface area contributed by atoms with Crippen LogP contribution in [-0.4, -0.2) is 16.6 Å². The lowest BCUT2D eigenvalue weighted by molar-refractivity contribution is -0.436. The Morgan fingerprint density at radius 2 is 1.86 bits per heavy atom. The summed E-state index contributed by atoms with van der Waals surface area (Å²) in [5, 5.41) is 12.1. The molecule has 0 heterocycles. The molecular weight excluding hydrogens is 198 g/mol. The Morgan fingerprint density at radius 1 is 1.36 bits per heavy atom. The van der Waals surface area contributed by atoms with E-state index in [9.17, 15) is 0 Å². The maximum absolute atomic E-state index is 7.94. The number of hydrogen-bond acceptors (Lipinski definition) is 7. The zero-order chi connectivity index (χ0) is 11.0. The fourth-order valence-electron chi connectivity index (χ4n) is 0.305. The molecule has 0 rings (SSSR count). The van der Waals surface area contributed by atoms with Crippen molar-refractivity contribution in [1.29, 1.82) is 5.41 Å². The Bertz CT molecular complexity index is 266. The van der Waals surface area contributed by atoms with Crippen molar-refractivity contribution in [2.24, 2.45) is 22.0 Å². The molecule has 0 aliphatic heterocycles. The molecule has 0 saturated heterocycles. The summed E-state index contributed by atoms with van der Waals surface area (Å²) in [5.41, 5.74) is 20.6. The summed E-state index contributed by atoms with van der Waals surface area (Å²) in [6, 6.07) is -0.783. The van der Waals surface area contributed by atoms with Gasteiger partial charge in [0, 0.05) is 15.7 Å². The van der Waals surface area contributed by atoms with Crippen LogP contribution < -0.4 is 11.6 Å². The molecule has 14 heavy (non-hydrogen) atoms. The van der Waals surface area contributed by atoms with Crippen molar-refractivity contribution in [2.45, 2.75) is 0 Å². The third kappa shape index (κ3) is 5.25. The minimum atomic E-state index is -0.783. The van der Waals surface area contributed by atoms with E-state index in [1.54, 1.807) is 0 Å². The van der Waals surface area contributed by atoms with E-state index >= 15 is 0 Å². The second-order valence-electron chi connectivity index (χ2n) is 1.43. The van der Waals surface area contributed by atoms with E-state index in [4.69, 9.17) is 28.0 Å². The van der Waals surface area contributed by atoms with Gasteiger partial charge in [0.25, 0.3) is 0 Å². The predicted octanol–water partition coefficient (Wildman–Crippen LogP) is -0.414. The lowest BCUT2D eigenvalue weighted by atomic mass is 11.2. The summed E-state index contributed by atoms with van der Waals surface area (Å²) in [6.45, 7) is 0. The molecule has 13 nitrogen and oxygen atoms in total. The van der Waals surface area contributed by atoms with Gasteiger partial charge in [-0.15, -0.1) is 11.1 Å². The van der Waals surface area contributed by atoms with Crippen LogP contribution in [0.5, 0.6) is 0 Å². The first-order chi connectivity index (χ1) is 6.60. The fourth-order valence-corrected chi connectivity index (χ4v) is 0.305. The molecule has 0 amide bonds. The smallest absolute Gasteiger partial charge is 0.304 e. The predicted molar refractivity (Wildman–Crippen MR) is 40.2 cm³/mol. The van der Waals surface area contributed by atoms with Crippen LogP contribution in [0.25, 0.3) is 20.9 Å². The van der Waals surface area contributed by atoms with E-state index in [2.05, 4.69) is 30.0 Å². The number of rotatable bonds is 5. The first-order valence-electron chi connectivity index (χ1n) is 2.75. The van der Waals surface area contributed by atoms with E-state index < -0.39 is 6.02 Å². The van der Waals surface area contributed by atoms with Gasteiger partial charge in [0.05, 0.1) is 0 Å². The third-order valence-electron chi connectivity index (χ3n) is 0.575. The Labute approximate surface area is 75.9 Å². The minimum Gasteiger partial charge on any atom is -0.352 e. The van der Waals surface area contributed by atoms with Crippen molar-refractivity contribution < 1.29 is 9.78 Å². The fraction of sp³-hybridized carbons (Fsp3) is 0. The summed E-state index contributed by atoms with van der Waals surface area (Å²) in [6.07, 6.45) is 0. The number of nitrogens with one attached hydrogen (secondary N) is 1. The van der Waals surface area contributed by atoms with Gasteiger partial charge in [-0.1, -0.05) is 0 Å². The van der Waals surface area contributed by atoms with Crippen molar-refractivity contribution in [2.75, 3.05) is 0 Å². The molecule has 0 aliphatic rings. The van der Waals surface area contributed by atoms with Gasteiger partial charge in [0.15, 0.2) is 0 Å². The van der Waals surface area contributed by atoms with Crippen molar-refractivity contribution in [3.05, 3.63) is 20.9 Å². The zero-order valence-electron chi connectivity index (χ0n) is 6.55. The van der Waals surface area contributed by atoms with Crippen molar-refractivity contribution in [1.82, 2.24) is 10.6 Å². The normalized spacial score (nSPS) is 8.43. The van der Waals surface area contributed by atoms with Crippen LogP contribution in [0.1, 0.15) is 0 Å². The molecule has 5 N–H and O–H groups in total. The number of nitrogens with two attached hydrogens (primary N) is 2. The molecule has 0 saturated carbocycles. The molecule has 0 aliphatic carbocycles. The molecule has 0 atom stereocenters. The number of amidine groups is 1. The molecule has 0 unspecified atom stereocenters. The highest BCUT2D eigenvalue weighted by atomic mass is 17.1. The summed E-state index contributed by atoms with van der Waals surface area (Å²) in [4.78, 5) is 12.8. The summed E-state index contributed by atoms with van der Waals surface area (Å²) in [5.74, 6) is 4.90. The molecule has 13 heteroatoms. The Kier molecular flexibility index (Phi) is 5.06. The largest absolute Gasteiger partial charge is 0.352 e. The van der Waals surface area contributed by atoms with Gasteiger partial charge in [-0.2, -0.15) is 9.82 Å². The van der Waals surface area contributed by atoms with Gasteiger partial charge >= 0.3 is 6.02 Å². The van der Waals surface area contributed by atoms with Gasteiger partial charge in [-0.25, -0.2) is 5.84 Å². The maximum Gasteiger partial charge on any atom is 0.304 e. The summed E-state index contributed by atoms with van der Waals surface area (Å²) >= 11 is 0.